The first-order chi connectivity index (χ1) is 30.7. The summed E-state index contributed by atoms with van der Waals surface area (Å²) in [5.41, 5.74) is 14.9. The molecule has 0 unspecified atom stereocenters. The maximum absolute atomic E-state index is 7.02. The van der Waals surface area contributed by atoms with Gasteiger partial charge in [0.1, 0.15) is 23.0 Å². The largest absolute Gasteiger partial charge is 0.458 e. The van der Waals surface area contributed by atoms with E-state index >= 15 is 0 Å². The molecule has 4 aromatic heterocycles. The van der Waals surface area contributed by atoms with E-state index in [1.54, 1.807) is 0 Å². The van der Waals surface area contributed by atoms with E-state index in [0.29, 0.717) is 0 Å². The first kappa shape index (κ1) is 31.6. The number of para-hydroxylation sites is 2. The lowest BCUT2D eigenvalue weighted by Gasteiger charge is -2.36. The van der Waals surface area contributed by atoms with Gasteiger partial charge in [-0.15, -0.1) is 22.7 Å². The molecule has 8 heterocycles. The normalized spacial score (nSPS) is 14.0. The van der Waals surface area contributed by atoms with Gasteiger partial charge in [0.25, 0.3) is 13.4 Å². The van der Waals surface area contributed by atoms with E-state index in [0.717, 1.165) is 23.0 Å². The summed E-state index contributed by atoms with van der Waals surface area (Å²) in [4.78, 5) is 0. The minimum absolute atomic E-state index is 0.0112. The highest BCUT2D eigenvalue weighted by Gasteiger charge is 2.45. The van der Waals surface area contributed by atoms with Crippen molar-refractivity contribution in [3.63, 3.8) is 0 Å². The van der Waals surface area contributed by atoms with E-state index < -0.39 is 0 Å². The quantitative estimate of drug-likeness (QED) is 0.143. The standard InChI is InChI=1S/C54H26B2N2O2S2/c1-3-19-47-27(9-1)33-21-41-31(23-49(33)61-47)29-11-5-13-35-53(29)57(41)39-15-7-17-43-51(39)55(35)37-25-38-46(26-45(37)59-43)60-44-18-8-16-40-52(44)56(38)36-14-6-12-30-32-24-50-34(22-42(32)58(40)54(30)36)28-10-2-4-20-48(28)62-50/h1-26H. The number of fused-ring (bicyclic) bond motifs is 20. The van der Waals surface area contributed by atoms with Crippen molar-refractivity contribution in [3.05, 3.63) is 158 Å². The summed E-state index contributed by atoms with van der Waals surface area (Å²) in [6.45, 7) is -0.0223. The van der Waals surface area contributed by atoms with Crippen molar-refractivity contribution in [3.8, 4) is 34.4 Å². The fourth-order valence-corrected chi connectivity index (χ4v) is 14.5. The summed E-state index contributed by atoms with van der Waals surface area (Å²) in [5, 5.41) is 10.4. The maximum Gasteiger partial charge on any atom is 0.256 e. The van der Waals surface area contributed by atoms with Gasteiger partial charge in [0, 0.05) is 90.4 Å². The van der Waals surface area contributed by atoms with E-state index in [2.05, 4.69) is 167 Å². The number of thiophene rings is 2. The second-order valence-electron chi connectivity index (χ2n) is 17.5. The Bertz CT molecular complexity index is 4050. The molecule has 17 rings (SSSR count). The molecular weight excluding hydrogens is 794 g/mol. The molecule has 4 aliphatic heterocycles. The predicted molar refractivity (Wildman–Crippen MR) is 263 cm³/mol. The Morgan fingerprint density at radius 2 is 0.806 bits per heavy atom. The molecule has 0 aliphatic carbocycles. The van der Waals surface area contributed by atoms with Crippen LogP contribution in [0, 0.1) is 0 Å². The molecule has 0 fully saturated rings. The van der Waals surface area contributed by atoms with E-state index in [1.807, 2.05) is 22.7 Å². The van der Waals surface area contributed by atoms with Crippen LogP contribution in [0.25, 0.3) is 95.3 Å². The number of hydrogen-bond donors (Lipinski definition) is 0. The van der Waals surface area contributed by atoms with Crippen molar-refractivity contribution >= 4 is 153 Å². The van der Waals surface area contributed by atoms with Crippen LogP contribution in [0.5, 0.6) is 23.0 Å². The van der Waals surface area contributed by atoms with E-state index in [-0.39, 0.29) is 13.4 Å². The Kier molecular flexibility index (Phi) is 5.41. The molecular formula is C54H26B2N2O2S2. The molecule has 0 amide bonds. The fraction of sp³-hybridized carbons (Fsp3) is 0. The van der Waals surface area contributed by atoms with Gasteiger partial charge in [0.05, 0.1) is 11.0 Å². The number of benzene rings is 9. The van der Waals surface area contributed by atoms with Gasteiger partial charge in [0.2, 0.25) is 0 Å². The molecule has 8 heteroatoms. The van der Waals surface area contributed by atoms with Crippen molar-refractivity contribution < 1.29 is 9.47 Å². The highest BCUT2D eigenvalue weighted by molar-refractivity contribution is 7.26. The molecule has 4 nitrogen and oxygen atoms in total. The van der Waals surface area contributed by atoms with Gasteiger partial charge >= 0.3 is 0 Å². The van der Waals surface area contributed by atoms with Crippen LogP contribution in [-0.2, 0) is 0 Å². The maximum atomic E-state index is 7.02. The summed E-state index contributed by atoms with van der Waals surface area (Å²) in [6.07, 6.45) is 0. The Hall–Kier alpha value is -7.25. The Labute approximate surface area is 361 Å². The topological polar surface area (TPSA) is 28.3 Å². The Balaban J connectivity index is 0.928. The lowest BCUT2D eigenvalue weighted by molar-refractivity contribution is 0.465. The predicted octanol–water partition coefficient (Wildman–Crippen LogP) is 10.5. The molecule has 62 heavy (non-hydrogen) atoms. The van der Waals surface area contributed by atoms with Gasteiger partial charge in [-0.2, -0.15) is 0 Å². The molecule has 13 aromatic rings. The summed E-state index contributed by atoms with van der Waals surface area (Å²) < 4.78 is 24.4. The molecule has 0 radical (unpaired) electrons. The zero-order valence-corrected chi connectivity index (χ0v) is 34.3. The van der Waals surface area contributed by atoms with Crippen LogP contribution in [0.1, 0.15) is 0 Å². The molecule has 9 aromatic carbocycles. The molecule has 0 atom stereocenters. The lowest BCUT2D eigenvalue weighted by atomic mass is 9.31. The van der Waals surface area contributed by atoms with Gasteiger partial charge in [-0.3, -0.25) is 0 Å². The van der Waals surface area contributed by atoms with Gasteiger partial charge in [-0.1, -0.05) is 91.0 Å². The van der Waals surface area contributed by atoms with E-state index in [9.17, 15) is 0 Å². The lowest BCUT2D eigenvalue weighted by Crippen LogP contribution is -2.62. The Morgan fingerprint density at radius 1 is 0.339 bits per heavy atom. The molecule has 4 aliphatic rings. The van der Waals surface area contributed by atoms with Crippen LogP contribution in [0.15, 0.2) is 158 Å². The first-order valence-electron chi connectivity index (χ1n) is 21.3. The fourth-order valence-electron chi connectivity index (χ4n) is 12.2. The molecule has 0 N–H and O–H groups in total. The number of rotatable bonds is 0. The molecule has 282 valence electrons. The van der Waals surface area contributed by atoms with E-state index in [1.165, 1.54) is 128 Å². The van der Waals surface area contributed by atoms with Crippen LogP contribution in [-0.4, -0.2) is 22.6 Å². The molecule has 0 saturated carbocycles. The highest BCUT2D eigenvalue weighted by atomic mass is 32.1. The van der Waals surface area contributed by atoms with Crippen molar-refractivity contribution in [2.45, 2.75) is 0 Å². The zero-order chi connectivity index (χ0) is 39.7. The molecule has 0 bridgehead atoms. The van der Waals surface area contributed by atoms with Gasteiger partial charge in [0.15, 0.2) is 0 Å². The van der Waals surface area contributed by atoms with Crippen LogP contribution < -0.4 is 42.3 Å². The van der Waals surface area contributed by atoms with Crippen LogP contribution >= 0.6 is 22.7 Å². The van der Waals surface area contributed by atoms with Crippen molar-refractivity contribution in [1.29, 1.82) is 0 Å². The van der Waals surface area contributed by atoms with Crippen LogP contribution in [0.2, 0.25) is 0 Å². The number of hydrogen-bond acceptors (Lipinski definition) is 4. The number of ether oxygens (including phenoxy) is 2. The number of nitrogens with zero attached hydrogens (tertiary/aromatic N) is 2. The van der Waals surface area contributed by atoms with E-state index in [4.69, 9.17) is 9.47 Å². The third-order valence-electron chi connectivity index (χ3n) is 14.6. The third-order valence-corrected chi connectivity index (χ3v) is 16.9. The Morgan fingerprint density at radius 3 is 1.32 bits per heavy atom. The van der Waals surface area contributed by atoms with Crippen LogP contribution in [0.4, 0.5) is 0 Å². The average molecular weight is 821 g/mol. The molecule has 0 spiro atoms. The van der Waals surface area contributed by atoms with Gasteiger partial charge in [-0.25, -0.2) is 0 Å². The second kappa shape index (κ2) is 10.6. The average Bonchev–Trinajstić information content (AvgIpc) is 4.05. The monoisotopic (exact) mass is 820 g/mol. The highest BCUT2D eigenvalue weighted by Crippen LogP contribution is 2.45. The summed E-state index contributed by atoms with van der Waals surface area (Å²) >= 11 is 3.77. The summed E-state index contributed by atoms with van der Waals surface area (Å²) in [5.74, 6) is 3.54. The SMILES string of the molecule is c1cc2c3c(c1)-n1c4cc5c(cc4c4cccc(c41)B3c1cc3c(cc1O2)Oc1cccc2c1B3c1cccc3c4cc6sc7ccccc7c6cc4n-2c13)sc1ccccc15. The third kappa shape index (κ3) is 3.58. The van der Waals surface area contributed by atoms with Crippen molar-refractivity contribution in [2.24, 2.45) is 0 Å². The van der Waals surface area contributed by atoms with Crippen molar-refractivity contribution in [1.82, 2.24) is 9.13 Å². The number of aromatic nitrogens is 2. The molecule has 0 saturated heterocycles. The zero-order valence-electron chi connectivity index (χ0n) is 32.7. The van der Waals surface area contributed by atoms with Crippen LogP contribution in [0.3, 0.4) is 0 Å². The van der Waals surface area contributed by atoms with Crippen molar-refractivity contribution in [2.75, 3.05) is 0 Å². The minimum atomic E-state index is -0.0112. The van der Waals surface area contributed by atoms with Gasteiger partial charge < -0.3 is 18.6 Å². The minimum Gasteiger partial charge on any atom is -0.458 e. The second-order valence-corrected chi connectivity index (χ2v) is 19.6. The van der Waals surface area contributed by atoms with Gasteiger partial charge in [-0.05, 0) is 93.4 Å². The smallest absolute Gasteiger partial charge is 0.256 e. The first-order valence-corrected chi connectivity index (χ1v) is 22.9. The summed E-state index contributed by atoms with van der Waals surface area (Å²) in [6, 6.07) is 59.0. The summed E-state index contributed by atoms with van der Waals surface area (Å²) in [7, 11) is 0.